The van der Waals surface area contributed by atoms with Gasteiger partial charge in [0.1, 0.15) is 0 Å². The predicted octanol–water partition coefficient (Wildman–Crippen LogP) is 2.95. The summed E-state index contributed by atoms with van der Waals surface area (Å²) < 4.78 is 0.789. The first-order valence-electron chi connectivity index (χ1n) is 5.56. The number of aliphatic hydroxyl groups excluding tert-OH is 1. The van der Waals surface area contributed by atoms with Gasteiger partial charge < -0.3 is 10.4 Å². The zero-order valence-electron chi connectivity index (χ0n) is 9.79. The third kappa shape index (κ3) is 6.09. The highest BCUT2D eigenvalue weighted by Gasteiger charge is 2.06. The summed E-state index contributed by atoms with van der Waals surface area (Å²) >= 11 is 10.9. The molecule has 6 heteroatoms. The van der Waals surface area contributed by atoms with Crippen LogP contribution in [0.5, 0.6) is 0 Å². The number of halogens is 2. The molecule has 1 aromatic rings. The molecule has 1 amide bonds. The van der Waals surface area contributed by atoms with Gasteiger partial charge in [0, 0.05) is 34.0 Å². The molecule has 0 saturated heterocycles. The lowest BCUT2D eigenvalue weighted by Crippen LogP contribution is -2.25. The van der Waals surface area contributed by atoms with E-state index < -0.39 is 0 Å². The quantitative estimate of drug-likeness (QED) is 0.742. The maximum atomic E-state index is 11.8. The van der Waals surface area contributed by atoms with Gasteiger partial charge in [0.2, 0.25) is 0 Å². The summed E-state index contributed by atoms with van der Waals surface area (Å²) in [5.41, 5.74) is 0.551. The number of carbonyl (C=O) groups excluding carboxylic acids is 1. The fourth-order valence-corrected chi connectivity index (χ4v) is 2.94. The highest BCUT2D eigenvalue weighted by atomic mass is 79.9. The molecule has 0 aliphatic heterocycles. The first-order valence-corrected chi connectivity index (χ1v) is 7.89. The minimum Gasteiger partial charge on any atom is -0.396 e. The van der Waals surface area contributed by atoms with Crippen LogP contribution in [0.2, 0.25) is 5.02 Å². The predicted molar refractivity (Wildman–Crippen MR) is 80.5 cm³/mol. The van der Waals surface area contributed by atoms with E-state index in [0.717, 1.165) is 22.4 Å². The minimum absolute atomic E-state index is 0.124. The number of nitrogens with one attached hydrogen (secondary N) is 1. The van der Waals surface area contributed by atoms with Crippen LogP contribution in [0.4, 0.5) is 0 Å². The van der Waals surface area contributed by atoms with Crippen molar-refractivity contribution < 1.29 is 9.90 Å². The van der Waals surface area contributed by atoms with Gasteiger partial charge >= 0.3 is 0 Å². The Balaban J connectivity index is 2.32. The standard InChI is InChI=1S/C12H15BrClNO2S/c13-10-6-9(7-11(14)8-10)12(17)15-2-5-18-4-1-3-16/h6-8,16H,1-5H2,(H,15,17). The molecule has 0 aliphatic carbocycles. The van der Waals surface area contributed by atoms with Crippen LogP contribution in [-0.2, 0) is 0 Å². The Bertz CT molecular complexity index is 383. The zero-order chi connectivity index (χ0) is 13.4. The molecule has 0 aliphatic rings. The number of benzene rings is 1. The highest BCUT2D eigenvalue weighted by Crippen LogP contribution is 2.19. The maximum Gasteiger partial charge on any atom is 0.251 e. The van der Waals surface area contributed by atoms with Crippen LogP contribution in [0.3, 0.4) is 0 Å². The first-order chi connectivity index (χ1) is 8.63. The first kappa shape index (κ1) is 15.8. The van der Waals surface area contributed by atoms with Gasteiger partial charge in [-0.15, -0.1) is 0 Å². The van der Waals surface area contributed by atoms with Crippen LogP contribution < -0.4 is 5.32 Å². The summed E-state index contributed by atoms with van der Waals surface area (Å²) in [7, 11) is 0. The van der Waals surface area contributed by atoms with Crippen LogP contribution in [0.1, 0.15) is 16.8 Å². The Kier molecular flexibility index (Phi) is 7.74. The smallest absolute Gasteiger partial charge is 0.251 e. The van der Waals surface area contributed by atoms with Crippen molar-refractivity contribution in [3.8, 4) is 0 Å². The Labute approximate surface area is 124 Å². The Morgan fingerprint density at radius 1 is 1.39 bits per heavy atom. The summed E-state index contributed by atoms with van der Waals surface area (Å²) in [6.07, 6.45) is 0.792. The van der Waals surface area contributed by atoms with Crippen LogP contribution in [0.15, 0.2) is 22.7 Å². The molecule has 0 bridgehead atoms. The average Bonchev–Trinajstić information content (AvgIpc) is 2.32. The summed E-state index contributed by atoms with van der Waals surface area (Å²) in [6, 6.07) is 5.11. The van der Waals surface area contributed by atoms with E-state index >= 15 is 0 Å². The van der Waals surface area contributed by atoms with Crippen molar-refractivity contribution in [1.82, 2.24) is 5.32 Å². The molecule has 0 atom stereocenters. The Morgan fingerprint density at radius 2 is 2.17 bits per heavy atom. The largest absolute Gasteiger partial charge is 0.396 e. The van der Waals surface area contributed by atoms with Crippen molar-refractivity contribution in [2.24, 2.45) is 0 Å². The molecule has 0 radical (unpaired) electrons. The van der Waals surface area contributed by atoms with Crippen molar-refractivity contribution in [3.63, 3.8) is 0 Å². The lowest BCUT2D eigenvalue weighted by Gasteiger charge is -2.06. The number of hydrogen-bond donors (Lipinski definition) is 2. The van der Waals surface area contributed by atoms with Gasteiger partial charge in [-0.3, -0.25) is 4.79 Å². The van der Waals surface area contributed by atoms with Crippen molar-refractivity contribution in [2.45, 2.75) is 6.42 Å². The maximum absolute atomic E-state index is 11.8. The molecular weight excluding hydrogens is 338 g/mol. The zero-order valence-corrected chi connectivity index (χ0v) is 12.9. The SMILES string of the molecule is O=C(NCCSCCCO)c1cc(Cl)cc(Br)c1. The second kappa shape index (κ2) is 8.80. The number of carbonyl (C=O) groups is 1. The van der Waals surface area contributed by atoms with Gasteiger partial charge in [-0.1, -0.05) is 27.5 Å². The van der Waals surface area contributed by atoms with Crippen molar-refractivity contribution in [1.29, 1.82) is 0 Å². The Morgan fingerprint density at radius 3 is 2.83 bits per heavy atom. The second-order valence-corrected chi connectivity index (χ2v) is 6.18. The molecule has 1 rings (SSSR count). The summed E-state index contributed by atoms with van der Waals surface area (Å²) in [5.74, 6) is 1.63. The molecule has 1 aromatic carbocycles. The molecule has 18 heavy (non-hydrogen) atoms. The molecule has 0 spiro atoms. The fraction of sp³-hybridized carbons (Fsp3) is 0.417. The highest BCUT2D eigenvalue weighted by molar-refractivity contribution is 9.10. The van der Waals surface area contributed by atoms with E-state index in [4.69, 9.17) is 16.7 Å². The average molecular weight is 353 g/mol. The van der Waals surface area contributed by atoms with Crippen molar-refractivity contribution >= 4 is 45.2 Å². The van der Waals surface area contributed by atoms with E-state index in [2.05, 4.69) is 21.2 Å². The lowest BCUT2D eigenvalue weighted by atomic mass is 10.2. The van der Waals surface area contributed by atoms with E-state index in [9.17, 15) is 4.79 Å². The molecule has 2 N–H and O–H groups in total. The van der Waals surface area contributed by atoms with Gasteiger partial charge in [-0.25, -0.2) is 0 Å². The molecule has 0 aromatic heterocycles. The summed E-state index contributed by atoms with van der Waals surface area (Å²) in [4.78, 5) is 11.8. The molecule has 100 valence electrons. The van der Waals surface area contributed by atoms with E-state index in [1.54, 1.807) is 30.0 Å². The van der Waals surface area contributed by atoms with Gasteiger partial charge in [0.15, 0.2) is 0 Å². The number of thioether (sulfide) groups is 1. The van der Waals surface area contributed by atoms with Crippen molar-refractivity contribution in [3.05, 3.63) is 33.3 Å². The van der Waals surface area contributed by atoms with E-state index in [-0.39, 0.29) is 12.5 Å². The Hall–Kier alpha value is -0.230. The molecule has 0 fully saturated rings. The summed E-state index contributed by atoms with van der Waals surface area (Å²) in [6.45, 7) is 0.828. The van der Waals surface area contributed by atoms with E-state index in [0.29, 0.717) is 17.1 Å². The van der Waals surface area contributed by atoms with Gasteiger partial charge in [-0.05, 0) is 30.4 Å². The third-order valence-corrected chi connectivity index (χ3v) is 3.85. The number of amides is 1. The molecule has 0 unspecified atom stereocenters. The third-order valence-electron chi connectivity index (χ3n) is 2.10. The monoisotopic (exact) mass is 351 g/mol. The van der Waals surface area contributed by atoms with Crippen LogP contribution in [0, 0.1) is 0 Å². The second-order valence-electron chi connectivity index (χ2n) is 3.60. The topological polar surface area (TPSA) is 49.3 Å². The van der Waals surface area contributed by atoms with Crippen molar-refractivity contribution in [2.75, 3.05) is 24.7 Å². The fourth-order valence-electron chi connectivity index (χ4n) is 1.29. The van der Waals surface area contributed by atoms with E-state index in [1.165, 1.54) is 0 Å². The molecule has 0 heterocycles. The lowest BCUT2D eigenvalue weighted by molar-refractivity contribution is 0.0956. The normalized spacial score (nSPS) is 10.4. The number of rotatable bonds is 7. The number of aliphatic hydroxyl groups is 1. The molecular formula is C12H15BrClNO2S. The molecule has 3 nitrogen and oxygen atoms in total. The van der Waals surface area contributed by atoms with Gasteiger partial charge in [0.25, 0.3) is 5.91 Å². The van der Waals surface area contributed by atoms with Gasteiger partial charge in [-0.2, -0.15) is 11.8 Å². The van der Waals surface area contributed by atoms with Crippen LogP contribution >= 0.6 is 39.3 Å². The molecule has 0 saturated carbocycles. The van der Waals surface area contributed by atoms with Crippen LogP contribution in [-0.4, -0.2) is 35.7 Å². The van der Waals surface area contributed by atoms with Crippen LogP contribution in [0.25, 0.3) is 0 Å². The van der Waals surface area contributed by atoms with E-state index in [1.807, 2.05) is 0 Å². The van der Waals surface area contributed by atoms with Gasteiger partial charge in [0.05, 0.1) is 0 Å². The summed E-state index contributed by atoms with van der Waals surface area (Å²) in [5, 5.41) is 12.0. The number of hydrogen-bond acceptors (Lipinski definition) is 3. The minimum atomic E-state index is -0.124.